The summed E-state index contributed by atoms with van der Waals surface area (Å²) < 4.78 is 42.0. The molecule has 5 aliphatic heterocycles. The maximum atomic E-state index is 13.9. The summed E-state index contributed by atoms with van der Waals surface area (Å²) >= 11 is 1.37. The number of carbonyl (C=O) groups excluding carboxylic acids is 4. The highest BCUT2D eigenvalue weighted by Gasteiger charge is 2.61. The van der Waals surface area contributed by atoms with Gasteiger partial charge in [0.2, 0.25) is 18.6 Å². The molecule has 2 fully saturated rings. The van der Waals surface area contributed by atoms with Crippen molar-refractivity contribution in [2.45, 2.75) is 88.6 Å². The highest BCUT2D eigenvalue weighted by Crippen LogP contribution is 2.64. The van der Waals surface area contributed by atoms with Crippen LogP contribution in [0.3, 0.4) is 0 Å². The number of cyclic esters (lactones) is 1. The minimum Gasteiger partial charge on any atom is -0.493 e. The lowest BCUT2D eigenvalue weighted by Crippen LogP contribution is -2.69. The lowest BCUT2D eigenvalue weighted by Gasteiger charge is -2.61. The maximum absolute atomic E-state index is 13.9. The number of nitrogens with one attached hydrogen (secondary N) is 2. The molecule has 2 aromatic rings. The number of hydrogen-bond donors (Lipinski definition) is 2. The van der Waals surface area contributed by atoms with Gasteiger partial charge < -0.3 is 43.8 Å². The van der Waals surface area contributed by atoms with Gasteiger partial charge in [-0.1, -0.05) is 6.07 Å². The highest BCUT2D eigenvalue weighted by molar-refractivity contribution is 7.99. The van der Waals surface area contributed by atoms with Crippen molar-refractivity contribution in [3.63, 3.8) is 0 Å². The van der Waals surface area contributed by atoms with Gasteiger partial charge in [0.1, 0.15) is 30.5 Å². The normalized spacial score (nSPS) is 27.0. The van der Waals surface area contributed by atoms with Crippen LogP contribution in [-0.2, 0) is 35.1 Å². The van der Waals surface area contributed by atoms with Crippen LogP contribution in [0.5, 0.6) is 28.7 Å². The van der Waals surface area contributed by atoms with Gasteiger partial charge in [-0.2, -0.15) is 5.26 Å². The predicted octanol–water partition coefficient (Wildman–Crippen LogP) is 2.52. The number of aryl methyl sites for hydroxylation is 1. The van der Waals surface area contributed by atoms with E-state index in [0.717, 1.165) is 16.7 Å². The summed E-state index contributed by atoms with van der Waals surface area (Å²) in [5, 5.41) is 15.8. The van der Waals surface area contributed by atoms with Gasteiger partial charge in [0, 0.05) is 61.0 Å². The Morgan fingerprint density at radius 1 is 1.07 bits per heavy atom. The van der Waals surface area contributed by atoms with Gasteiger partial charge in [-0.25, -0.2) is 4.79 Å². The number of esters is 2. The molecule has 2 aromatic carbocycles. The molecule has 0 spiro atoms. The highest BCUT2D eigenvalue weighted by atomic mass is 32.2. The minimum absolute atomic E-state index is 0.0255. The van der Waals surface area contributed by atoms with E-state index in [4.69, 9.17) is 33.2 Å². The lowest BCUT2D eigenvalue weighted by atomic mass is 9.71. The first kappa shape index (κ1) is 38.5. The van der Waals surface area contributed by atoms with Crippen LogP contribution in [0.2, 0.25) is 0 Å². The molecular weight excluding hydrogens is 735 g/mol. The Balaban J connectivity index is 1.48. The molecule has 5 heterocycles. The molecule has 0 aliphatic carbocycles. The molecule has 0 saturated carbocycles. The zero-order chi connectivity index (χ0) is 39.5. The topological polar surface area (TPSA) is 187 Å². The fourth-order valence-corrected chi connectivity index (χ4v) is 10.5. The Morgan fingerprint density at radius 3 is 2.49 bits per heavy atom. The summed E-state index contributed by atoms with van der Waals surface area (Å²) in [5.41, 5.74) is 4.56. The number of carbonyl (C=O) groups is 4. The zero-order valence-electron chi connectivity index (χ0n) is 32.0. The molecule has 5 aliphatic rings. The summed E-state index contributed by atoms with van der Waals surface area (Å²) in [4.78, 5) is 56.1. The van der Waals surface area contributed by atoms with Gasteiger partial charge >= 0.3 is 11.9 Å². The van der Waals surface area contributed by atoms with Crippen molar-refractivity contribution < 1.29 is 52.3 Å². The fraction of sp³-hybridized carbons (Fsp3) is 0.553. The second-order valence-corrected chi connectivity index (χ2v) is 15.6. The van der Waals surface area contributed by atoms with Crippen molar-refractivity contribution >= 4 is 35.5 Å². The van der Waals surface area contributed by atoms with Crippen LogP contribution in [0, 0.1) is 25.2 Å². The molecule has 3 unspecified atom stereocenters. The summed E-state index contributed by atoms with van der Waals surface area (Å²) in [5.74, 6) is 0.0696. The molecule has 55 heavy (non-hydrogen) atoms. The van der Waals surface area contributed by atoms with Gasteiger partial charge in [0.15, 0.2) is 29.8 Å². The number of thioether (sulfide) groups is 1. The number of amides is 2. The first-order chi connectivity index (χ1) is 26.3. The number of piperazine rings is 1. The molecule has 2 amide bonds. The Kier molecular flexibility index (Phi) is 10.5. The number of likely N-dealkylation sites (N-methyl/N-ethyl adjacent to an activating group) is 1. The minimum atomic E-state index is -1.11. The van der Waals surface area contributed by atoms with E-state index in [0.29, 0.717) is 51.9 Å². The van der Waals surface area contributed by atoms with Crippen molar-refractivity contribution in [1.29, 1.82) is 5.26 Å². The Hall–Kier alpha value is -4.76. The van der Waals surface area contributed by atoms with Crippen LogP contribution in [0.4, 0.5) is 0 Å². The number of rotatable bonds is 8. The predicted molar refractivity (Wildman–Crippen MR) is 196 cm³/mol. The molecule has 2 saturated heterocycles. The van der Waals surface area contributed by atoms with E-state index in [1.165, 1.54) is 32.5 Å². The summed E-state index contributed by atoms with van der Waals surface area (Å²) in [6.45, 7) is 7.55. The second-order valence-electron chi connectivity index (χ2n) is 14.4. The number of fused-ring (bicyclic) bond motifs is 9. The number of hydrogen-bond acceptors (Lipinski definition) is 15. The van der Waals surface area contributed by atoms with Crippen LogP contribution in [0.1, 0.15) is 71.5 Å². The molecule has 16 nitrogen and oxygen atoms in total. The Bertz CT molecular complexity index is 1990. The van der Waals surface area contributed by atoms with Gasteiger partial charge in [-0.05, 0) is 45.4 Å². The van der Waals surface area contributed by atoms with E-state index in [9.17, 15) is 24.4 Å². The number of ether oxygens (including phenoxy) is 7. The maximum Gasteiger partial charge on any atom is 0.329 e. The molecule has 4 bridgehead atoms. The molecule has 7 rings (SSSR count). The number of nitriles is 1. The molecule has 0 radical (unpaired) electrons. The third kappa shape index (κ3) is 6.38. The van der Waals surface area contributed by atoms with E-state index in [2.05, 4.69) is 32.6 Å². The summed E-state index contributed by atoms with van der Waals surface area (Å²) in [7, 11) is 5.13. The van der Waals surface area contributed by atoms with Crippen molar-refractivity contribution in [1.82, 2.24) is 20.4 Å². The van der Waals surface area contributed by atoms with Crippen LogP contribution < -0.4 is 34.3 Å². The zero-order valence-corrected chi connectivity index (χ0v) is 32.8. The van der Waals surface area contributed by atoms with Crippen molar-refractivity contribution in [3.8, 4) is 34.8 Å². The first-order valence-corrected chi connectivity index (χ1v) is 19.1. The van der Waals surface area contributed by atoms with E-state index in [1.54, 1.807) is 21.1 Å². The van der Waals surface area contributed by atoms with Crippen LogP contribution in [-0.4, -0.2) is 111 Å². The summed E-state index contributed by atoms with van der Waals surface area (Å²) in [6.07, 6.45) is 0.514. The quantitative estimate of drug-likeness (QED) is 0.226. The van der Waals surface area contributed by atoms with E-state index in [1.807, 2.05) is 14.0 Å². The van der Waals surface area contributed by atoms with Crippen molar-refractivity contribution in [3.05, 3.63) is 39.4 Å². The molecule has 17 heteroatoms. The standard InChI is InChI=1S/C38H45N5O11S/c1-16-9-21-10-23-24(11-39)43-25-12-50-38(47)22(41-37(46)18(3)40-19(4)44)13-55-36(28-27(25)35-33(52-15-53-35)17(2)32(28)54-20(5)45)30(43)29(42(23)6)26(21)34(31(16)49-8)51-14-48-7/h9,18,22-25,29-30,36H,10,12-15H2,1-8H3,(H,40,44)(H,41,46)/t18?,22-,23+,24-,25-,29+,30?,36?/m0/s1. The molecule has 8 atom stereocenters. The van der Waals surface area contributed by atoms with Gasteiger partial charge in [-0.3, -0.25) is 24.2 Å². The molecule has 2 N–H and O–H groups in total. The van der Waals surface area contributed by atoms with Gasteiger partial charge in [0.25, 0.3) is 0 Å². The SMILES string of the molecule is COCOc1c(OC)c(C)cc2c1[C@@H]1C3C4SC[C@H](NC(=O)C(C)NC(C)=O)C(=O)OC[C@@H](c5c6c(c(C)c(OC(C)=O)c54)OCO6)N3[C@@H](C#N)[C@@H](C2)N1C. The molecular formula is C38H45N5O11S. The second kappa shape index (κ2) is 15.1. The van der Waals surface area contributed by atoms with Crippen LogP contribution in [0.25, 0.3) is 0 Å². The monoisotopic (exact) mass is 779 g/mol. The smallest absolute Gasteiger partial charge is 0.329 e. The first-order valence-electron chi connectivity index (χ1n) is 18.0. The van der Waals surface area contributed by atoms with Crippen LogP contribution in [0.15, 0.2) is 6.07 Å². The third-order valence-corrected chi connectivity index (χ3v) is 12.5. The van der Waals surface area contributed by atoms with Gasteiger partial charge in [0.05, 0.1) is 30.5 Å². The largest absolute Gasteiger partial charge is 0.493 e. The molecule has 294 valence electrons. The van der Waals surface area contributed by atoms with Crippen molar-refractivity contribution in [2.24, 2.45) is 0 Å². The average Bonchev–Trinajstić information content (AvgIpc) is 3.63. The van der Waals surface area contributed by atoms with E-state index < -0.39 is 65.3 Å². The van der Waals surface area contributed by atoms with Crippen LogP contribution >= 0.6 is 11.8 Å². The van der Waals surface area contributed by atoms with E-state index in [-0.39, 0.29) is 32.0 Å². The number of methoxy groups -OCH3 is 2. The number of benzene rings is 2. The third-order valence-electron chi connectivity index (χ3n) is 11.1. The van der Waals surface area contributed by atoms with Gasteiger partial charge in [-0.15, -0.1) is 11.8 Å². The average molecular weight is 780 g/mol. The molecule has 0 aromatic heterocycles. The fourth-order valence-electron chi connectivity index (χ4n) is 8.97. The Labute approximate surface area is 323 Å². The summed E-state index contributed by atoms with van der Waals surface area (Å²) in [6, 6.07) is -0.0720. The van der Waals surface area contributed by atoms with Crippen molar-refractivity contribution in [2.75, 3.05) is 47.2 Å². The lowest BCUT2D eigenvalue weighted by molar-refractivity contribution is -0.152. The Morgan fingerprint density at radius 2 is 1.82 bits per heavy atom. The van der Waals surface area contributed by atoms with E-state index >= 15 is 0 Å². The number of nitrogens with zero attached hydrogens (tertiary/aromatic N) is 3.